The number of aryl methyl sites for hydroxylation is 1. The van der Waals surface area contributed by atoms with Crippen LogP contribution in [0.25, 0.3) is 11.3 Å². The summed E-state index contributed by atoms with van der Waals surface area (Å²) in [7, 11) is 0. The largest absolute Gasteiger partial charge is 0.478 e. The number of anilines is 1. The van der Waals surface area contributed by atoms with Gasteiger partial charge in [-0.1, -0.05) is 0 Å². The first kappa shape index (κ1) is 13.5. The molecule has 0 aromatic carbocycles. The predicted molar refractivity (Wildman–Crippen MR) is 74.7 cm³/mol. The van der Waals surface area contributed by atoms with E-state index in [1.807, 2.05) is 6.92 Å². The molecule has 0 unspecified atom stereocenters. The van der Waals surface area contributed by atoms with E-state index in [1.54, 1.807) is 12.1 Å². The fraction of sp³-hybridized carbons (Fsp3) is 0.357. The van der Waals surface area contributed by atoms with Gasteiger partial charge < -0.3 is 10.4 Å². The van der Waals surface area contributed by atoms with Crippen molar-refractivity contribution in [1.29, 1.82) is 0 Å². The van der Waals surface area contributed by atoms with Crippen LogP contribution in [0.5, 0.6) is 0 Å². The van der Waals surface area contributed by atoms with Gasteiger partial charge in [-0.15, -0.1) is 0 Å². The van der Waals surface area contributed by atoms with E-state index in [4.69, 9.17) is 0 Å². The summed E-state index contributed by atoms with van der Waals surface area (Å²) >= 11 is 0. The second kappa shape index (κ2) is 5.16. The van der Waals surface area contributed by atoms with Crippen LogP contribution in [-0.4, -0.2) is 31.9 Å². The molecule has 1 saturated carbocycles. The third-order valence-corrected chi connectivity index (χ3v) is 3.40. The molecule has 1 aliphatic carbocycles. The van der Waals surface area contributed by atoms with Gasteiger partial charge in [-0.2, -0.15) is 9.49 Å². The Bertz CT molecular complexity index is 694. The first-order valence-electron chi connectivity index (χ1n) is 6.82. The highest BCUT2D eigenvalue weighted by molar-refractivity contribution is 5.94. The van der Waals surface area contributed by atoms with Crippen molar-refractivity contribution in [3.05, 3.63) is 29.8 Å². The van der Waals surface area contributed by atoms with E-state index in [9.17, 15) is 14.3 Å². The first-order valence-corrected chi connectivity index (χ1v) is 6.82. The van der Waals surface area contributed by atoms with Gasteiger partial charge in [-0.25, -0.2) is 9.78 Å². The Hall–Kier alpha value is -2.44. The quantitative estimate of drug-likeness (QED) is 0.826. The molecule has 0 atom stereocenters. The lowest BCUT2D eigenvalue weighted by Crippen LogP contribution is -2.07. The molecule has 3 rings (SSSR count). The first-order chi connectivity index (χ1) is 10.1. The number of carboxylic acids is 1. The number of rotatable bonds is 5. The fourth-order valence-corrected chi connectivity index (χ4v) is 2.19. The van der Waals surface area contributed by atoms with Gasteiger partial charge in [0.15, 0.2) is 0 Å². The second-order valence-electron chi connectivity index (χ2n) is 4.98. The van der Waals surface area contributed by atoms with Crippen molar-refractivity contribution in [3.63, 3.8) is 0 Å². The highest BCUT2D eigenvalue weighted by Gasteiger charge is 2.24. The Labute approximate surface area is 120 Å². The molecule has 110 valence electrons. The van der Waals surface area contributed by atoms with Crippen LogP contribution >= 0.6 is 0 Å². The Balaban J connectivity index is 2.03. The number of halogens is 1. The summed E-state index contributed by atoms with van der Waals surface area (Å²) in [4.78, 5) is 15.1. The number of pyridine rings is 1. The topological polar surface area (TPSA) is 80.0 Å². The maximum absolute atomic E-state index is 14.3. The number of hydrogen-bond donors (Lipinski definition) is 2. The molecule has 6 nitrogen and oxygen atoms in total. The average molecular weight is 290 g/mol. The van der Waals surface area contributed by atoms with Crippen LogP contribution in [0.15, 0.2) is 18.3 Å². The molecule has 2 aromatic heterocycles. The second-order valence-corrected chi connectivity index (χ2v) is 4.98. The summed E-state index contributed by atoms with van der Waals surface area (Å²) < 4.78 is 15.7. The van der Waals surface area contributed by atoms with Crippen molar-refractivity contribution in [3.8, 4) is 11.3 Å². The van der Waals surface area contributed by atoms with Crippen LogP contribution in [0.1, 0.15) is 30.1 Å². The summed E-state index contributed by atoms with van der Waals surface area (Å²) in [6.07, 6.45) is 3.37. The number of nitrogens with one attached hydrogen (secondary N) is 1. The van der Waals surface area contributed by atoms with Crippen molar-refractivity contribution in [2.75, 3.05) is 5.32 Å². The smallest absolute Gasteiger partial charge is 0.339 e. The lowest BCUT2D eigenvalue weighted by molar-refractivity contribution is 0.0697. The zero-order valence-corrected chi connectivity index (χ0v) is 11.5. The summed E-state index contributed by atoms with van der Waals surface area (Å²) in [5.74, 6) is -1.36. The zero-order valence-electron chi connectivity index (χ0n) is 11.5. The SMILES string of the molecule is CCn1ncc(C(=O)O)c1-c1ccc(NC2CC2)nc1F. The minimum Gasteiger partial charge on any atom is -0.478 e. The number of hydrogen-bond acceptors (Lipinski definition) is 4. The standard InChI is InChI=1S/C14H15FN4O2/c1-2-19-12(10(7-16-19)14(20)21)9-5-6-11(18-13(9)15)17-8-3-4-8/h5-8H,2-4H2,1H3,(H,17,18)(H,20,21). The van der Waals surface area contributed by atoms with Crippen molar-refractivity contribution < 1.29 is 14.3 Å². The van der Waals surface area contributed by atoms with Crippen LogP contribution in [0.3, 0.4) is 0 Å². The summed E-state index contributed by atoms with van der Waals surface area (Å²) in [5.41, 5.74) is 0.363. The Morgan fingerprint density at radius 1 is 1.52 bits per heavy atom. The minimum absolute atomic E-state index is 0.0274. The normalized spacial score (nSPS) is 14.2. The molecule has 21 heavy (non-hydrogen) atoms. The van der Waals surface area contributed by atoms with Gasteiger partial charge >= 0.3 is 5.97 Å². The van der Waals surface area contributed by atoms with E-state index in [1.165, 1.54) is 10.9 Å². The van der Waals surface area contributed by atoms with E-state index in [0.717, 1.165) is 12.8 Å². The maximum atomic E-state index is 14.3. The molecule has 2 heterocycles. The number of nitrogens with zero attached hydrogens (tertiary/aromatic N) is 3. The lowest BCUT2D eigenvalue weighted by Gasteiger charge is -2.09. The van der Waals surface area contributed by atoms with Crippen LogP contribution in [0.4, 0.5) is 10.2 Å². The maximum Gasteiger partial charge on any atom is 0.339 e. The van der Waals surface area contributed by atoms with Gasteiger partial charge in [0.25, 0.3) is 0 Å². The Morgan fingerprint density at radius 2 is 2.29 bits per heavy atom. The monoisotopic (exact) mass is 290 g/mol. The van der Waals surface area contributed by atoms with E-state index in [2.05, 4.69) is 15.4 Å². The summed E-state index contributed by atoms with van der Waals surface area (Å²) in [6.45, 7) is 2.26. The molecule has 0 amide bonds. The van der Waals surface area contributed by atoms with Crippen LogP contribution in [-0.2, 0) is 6.54 Å². The van der Waals surface area contributed by atoms with Crippen molar-refractivity contribution in [2.45, 2.75) is 32.4 Å². The number of aromatic carboxylic acids is 1. The molecule has 1 fully saturated rings. The molecule has 0 aliphatic heterocycles. The van der Waals surface area contributed by atoms with Gasteiger partial charge in [-0.05, 0) is 31.9 Å². The van der Waals surface area contributed by atoms with E-state index in [0.29, 0.717) is 18.4 Å². The summed E-state index contributed by atoms with van der Waals surface area (Å²) in [6, 6.07) is 3.58. The zero-order chi connectivity index (χ0) is 15.0. The van der Waals surface area contributed by atoms with E-state index >= 15 is 0 Å². The summed E-state index contributed by atoms with van der Waals surface area (Å²) in [5, 5.41) is 16.3. The highest BCUT2D eigenvalue weighted by atomic mass is 19.1. The fourth-order valence-electron chi connectivity index (χ4n) is 2.19. The molecule has 0 spiro atoms. The molecule has 2 aromatic rings. The third kappa shape index (κ3) is 2.58. The molecule has 7 heteroatoms. The van der Waals surface area contributed by atoms with Gasteiger partial charge in [0.1, 0.15) is 11.4 Å². The van der Waals surface area contributed by atoms with Crippen molar-refractivity contribution >= 4 is 11.8 Å². The van der Waals surface area contributed by atoms with Gasteiger partial charge in [0.2, 0.25) is 5.95 Å². The Morgan fingerprint density at radius 3 is 2.86 bits per heavy atom. The Kier molecular flexibility index (Phi) is 3.32. The highest BCUT2D eigenvalue weighted by Crippen LogP contribution is 2.29. The molecular formula is C14H15FN4O2. The van der Waals surface area contributed by atoms with Crippen LogP contribution in [0, 0.1) is 5.95 Å². The van der Waals surface area contributed by atoms with Crippen molar-refractivity contribution in [1.82, 2.24) is 14.8 Å². The minimum atomic E-state index is -1.13. The molecule has 2 N–H and O–H groups in total. The molecule has 0 saturated heterocycles. The van der Waals surface area contributed by atoms with Crippen LogP contribution < -0.4 is 5.32 Å². The third-order valence-electron chi connectivity index (χ3n) is 3.40. The van der Waals surface area contributed by atoms with E-state index < -0.39 is 11.9 Å². The van der Waals surface area contributed by atoms with Gasteiger partial charge in [-0.3, -0.25) is 4.68 Å². The molecule has 0 radical (unpaired) electrons. The molecule has 0 bridgehead atoms. The average Bonchev–Trinajstić information content (AvgIpc) is 3.15. The number of carboxylic acid groups (broad SMARTS) is 1. The predicted octanol–water partition coefficient (Wildman–Crippen LogP) is 2.38. The molecule has 1 aliphatic rings. The number of carbonyl (C=O) groups is 1. The van der Waals surface area contributed by atoms with Gasteiger partial charge in [0.05, 0.1) is 17.5 Å². The molecular weight excluding hydrogens is 275 g/mol. The van der Waals surface area contributed by atoms with Gasteiger partial charge in [0, 0.05) is 12.6 Å². The van der Waals surface area contributed by atoms with Crippen molar-refractivity contribution in [2.24, 2.45) is 0 Å². The lowest BCUT2D eigenvalue weighted by atomic mass is 10.1. The number of aromatic nitrogens is 3. The van der Waals surface area contributed by atoms with E-state index in [-0.39, 0.29) is 16.8 Å². The van der Waals surface area contributed by atoms with Crippen LogP contribution in [0.2, 0.25) is 0 Å².